The second-order valence-corrected chi connectivity index (χ2v) is 8.59. The standard InChI is InChI=1S/C20H24BF2NO2/c1-18(2)19(3,4)26-21(25-18)17(23)11-20(8-9-20)15-12-24(5)16-10-13(22)6-7-14(15)16/h6-7,10-12H,8-9H2,1-5H3. The van der Waals surface area contributed by atoms with Gasteiger partial charge in [0.05, 0.1) is 16.7 Å². The number of hydrogen-bond donors (Lipinski definition) is 0. The second kappa shape index (κ2) is 5.43. The van der Waals surface area contributed by atoms with E-state index >= 15 is 4.39 Å². The average Bonchev–Trinajstić information content (AvgIpc) is 3.18. The zero-order valence-electron chi connectivity index (χ0n) is 15.9. The van der Waals surface area contributed by atoms with Gasteiger partial charge in [-0.3, -0.25) is 0 Å². The predicted molar refractivity (Wildman–Crippen MR) is 99.1 cm³/mol. The molecule has 1 aliphatic heterocycles. The lowest BCUT2D eigenvalue weighted by molar-refractivity contribution is 0.00578. The molecule has 1 aliphatic carbocycles. The summed E-state index contributed by atoms with van der Waals surface area (Å²) < 4.78 is 42.2. The number of hydrogen-bond acceptors (Lipinski definition) is 2. The Morgan fingerprint density at radius 1 is 1.15 bits per heavy atom. The lowest BCUT2D eigenvalue weighted by Crippen LogP contribution is -2.41. The number of halogens is 2. The van der Waals surface area contributed by atoms with Crippen LogP contribution in [0.1, 0.15) is 46.1 Å². The third-order valence-electron chi connectivity index (χ3n) is 6.17. The van der Waals surface area contributed by atoms with Crippen LogP contribution in [0.15, 0.2) is 36.2 Å². The highest BCUT2D eigenvalue weighted by Gasteiger charge is 2.54. The van der Waals surface area contributed by atoms with Gasteiger partial charge >= 0.3 is 7.12 Å². The summed E-state index contributed by atoms with van der Waals surface area (Å²) in [6, 6.07) is 4.75. The molecule has 2 aliphatic rings. The molecular formula is C20H24BF2NO2. The molecule has 26 heavy (non-hydrogen) atoms. The molecule has 1 aromatic heterocycles. The van der Waals surface area contributed by atoms with Gasteiger partial charge in [0.25, 0.3) is 0 Å². The summed E-state index contributed by atoms with van der Waals surface area (Å²) in [5.74, 6) is -0.269. The first-order chi connectivity index (χ1) is 12.0. The fourth-order valence-corrected chi connectivity index (χ4v) is 3.67. The summed E-state index contributed by atoms with van der Waals surface area (Å²) in [6.45, 7) is 7.64. The van der Waals surface area contributed by atoms with Crippen molar-refractivity contribution in [2.24, 2.45) is 7.05 Å². The molecule has 0 atom stereocenters. The molecule has 0 spiro atoms. The molecular weight excluding hydrogens is 335 g/mol. The van der Waals surface area contributed by atoms with E-state index < -0.39 is 18.3 Å². The minimum atomic E-state index is -0.982. The molecule has 0 radical (unpaired) electrons. The summed E-state index contributed by atoms with van der Waals surface area (Å²) in [5, 5.41) is 0.962. The molecule has 1 aromatic carbocycles. The maximum absolute atomic E-state index is 15.0. The van der Waals surface area contributed by atoms with Gasteiger partial charge in [0.1, 0.15) is 11.5 Å². The van der Waals surface area contributed by atoms with Crippen molar-refractivity contribution in [3.05, 3.63) is 47.6 Å². The first-order valence-corrected chi connectivity index (χ1v) is 9.04. The van der Waals surface area contributed by atoms with Crippen LogP contribution in [0.2, 0.25) is 0 Å². The summed E-state index contributed by atoms with van der Waals surface area (Å²) in [6.07, 6.45) is 5.34. The third kappa shape index (κ3) is 2.62. The Kier molecular flexibility index (Phi) is 3.70. The molecule has 0 N–H and O–H groups in total. The van der Waals surface area contributed by atoms with Crippen molar-refractivity contribution in [3.8, 4) is 0 Å². The van der Waals surface area contributed by atoms with Crippen molar-refractivity contribution in [1.29, 1.82) is 0 Å². The maximum atomic E-state index is 15.0. The van der Waals surface area contributed by atoms with Gasteiger partial charge in [-0.25, -0.2) is 8.78 Å². The molecule has 2 fully saturated rings. The molecule has 2 aromatic rings. The van der Waals surface area contributed by atoms with Crippen LogP contribution >= 0.6 is 0 Å². The fourth-order valence-electron chi connectivity index (χ4n) is 3.67. The van der Waals surface area contributed by atoms with Gasteiger partial charge < -0.3 is 13.9 Å². The molecule has 3 nitrogen and oxygen atoms in total. The first-order valence-electron chi connectivity index (χ1n) is 9.04. The van der Waals surface area contributed by atoms with Crippen LogP contribution in [0.25, 0.3) is 10.9 Å². The molecule has 1 saturated heterocycles. The van der Waals surface area contributed by atoms with Gasteiger partial charge in [-0.1, -0.05) is 0 Å². The fraction of sp³-hybridized carbons (Fsp3) is 0.500. The van der Waals surface area contributed by atoms with Crippen LogP contribution in [-0.2, 0) is 21.8 Å². The Morgan fingerprint density at radius 3 is 2.35 bits per heavy atom. The van der Waals surface area contributed by atoms with Crippen molar-refractivity contribution in [2.75, 3.05) is 0 Å². The molecule has 4 rings (SSSR count). The van der Waals surface area contributed by atoms with E-state index in [-0.39, 0.29) is 17.0 Å². The normalized spacial score (nSPS) is 23.7. The molecule has 6 heteroatoms. The van der Waals surface area contributed by atoms with Crippen LogP contribution in [0.3, 0.4) is 0 Å². The summed E-state index contributed by atoms with van der Waals surface area (Å²) in [4.78, 5) is 0. The van der Waals surface area contributed by atoms with Gasteiger partial charge in [0.15, 0.2) is 0 Å². The molecule has 138 valence electrons. The van der Waals surface area contributed by atoms with Crippen LogP contribution < -0.4 is 0 Å². The van der Waals surface area contributed by atoms with Crippen LogP contribution in [0, 0.1) is 5.82 Å². The Balaban J connectivity index is 1.70. The quantitative estimate of drug-likeness (QED) is 0.733. The molecule has 0 amide bonds. The highest BCUT2D eigenvalue weighted by atomic mass is 19.1. The van der Waals surface area contributed by atoms with Crippen LogP contribution in [0.5, 0.6) is 0 Å². The summed E-state index contributed by atoms with van der Waals surface area (Å²) in [7, 11) is 0.903. The SMILES string of the molecule is Cn1cc(C2(C=C(F)B3OC(C)(C)C(C)(C)O3)CC2)c2ccc(F)cc21. The minimum Gasteiger partial charge on any atom is -0.398 e. The summed E-state index contributed by atoms with van der Waals surface area (Å²) in [5.41, 5.74) is -0.0596. The molecule has 2 heterocycles. The predicted octanol–water partition coefficient (Wildman–Crippen LogP) is 4.83. The topological polar surface area (TPSA) is 23.4 Å². The highest BCUT2D eigenvalue weighted by Crippen LogP contribution is 2.53. The molecule has 1 saturated carbocycles. The van der Waals surface area contributed by atoms with Crippen molar-refractivity contribution in [1.82, 2.24) is 4.57 Å². The monoisotopic (exact) mass is 359 g/mol. The van der Waals surface area contributed by atoms with E-state index in [1.165, 1.54) is 12.1 Å². The highest BCUT2D eigenvalue weighted by molar-refractivity contribution is 6.53. The van der Waals surface area contributed by atoms with Crippen molar-refractivity contribution in [2.45, 2.75) is 57.2 Å². The maximum Gasteiger partial charge on any atom is 0.524 e. The van der Waals surface area contributed by atoms with E-state index in [9.17, 15) is 4.39 Å². The van der Waals surface area contributed by atoms with Crippen LogP contribution in [-0.4, -0.2) is 22.9 Å². The number of allylic oxidation sites excluding steroid dienone is 1. The Bertz CT molecular complexity index is 896. The lowest BCUT2D eigenvalue weighted by atomic mass is 9.83. The number of rotatable bonds is 3. The van der Waals surface area contributed by atoms with E-state index in [2.05, 4.69) is 0 Å². The zero-order valence-corrected chi connectivity index (χ0v) is 15.9. The van der Waals surface area contributed by atoms with Gasteiger partial charge in [-0.05, 0) is 70.4 Å². The Hall–Kier alpha value is -1.66. The largest absolute Gasteiger partial charge is 0.524 e. The number of nitrogens with zero attached hydrogens (tertiary/aromatic N) is 1. The summed E-state index contributed by atoms with van der Waals surface area (Å²) >= 11 is 0. The third-order valence-corrected chi connectivity index (χ3v) is 6.17. The second-order valence-electron chi connectivity index (χ2n) is 8.59. The van der Waals surface area contributed by atoms with Gasteiger partial charge in [0, 0.05) is 24.0 Å². The first kappa shape index (κ1) is 17.7. The number of benzene rings is 1. The van der Waals surface area contributed by atoms with Gasteiger partial charge in [-0.2, -0.15) is 0 Å². The van der Waals surface area contributed by atoms with Gasteiger partial charge in [-0.15, -0.1) is 0 Å². The zero-order chi connectivity index (χ0) is 18.9. The van der Waals surface area contributed by atoms with Crippen molar-refractivity contribution < 1.29 is 18.1 Å². The number of aromatic nitrogens is 1. The number of fused-ring (bicyclic) bond motifs is 1. The Morgan fingerprint density at radius 2 is 1.77 bits per heavy atom. The smallest absolute Gasteiger partial charge is 0.398 e. The number of aryl methyl sites for hydroxylation is 1. The van der Waals surface area contributed by atoms with Crippen molar-refractivity contribution in [3.63, 3.8) is 0 Å². The average molecular weight is 359 g/mol. The van der Waals surface area contributed by atoms with E-state index in [1.54, 1.807) is 12.1 Å². The lowest BCUT2D eigenvalue weighted by Gasteiger charge is -2.32. The molecule has 0 bridgehead atoms. The van der Waals surface area contributed by atoms with Crippen LogP contribution in [0.4, 0.5) is 8.78 Å². The van der Waals surface area contributed by atoms with E-state index in [0.29, 0.717) is 0 Å². The minimum absolute atomic E-state index is 0.269. The van der Waals surface area contributed by atoms with E-state index in [4.69, 9.17) is 9.31 Å². The van der Waals surface area contributed by atoms with E-state index in [1.807, 2.05) is 45.5 Å². The molecule has 0 unspecified atom stereocenters. The van der Waals surface area contributed by atoms with Gasteiger partial charge in [0.2, 0.25) is 0 Å². The van der Waals surface area contributed by atoms with Crippen molar-refractivity contribution >= 4 is 18.0 Å². The Labute approximate surface area is 153 Å². The van der Waals surface area contributed by atoms with E-state index in [0.717, 1.165) is 29.3 Å².